The van der Waals surface area contributed by atoms with Crippen LogP contribution < -0.4 is 5.32 Å². The van der Waals surface area contributed by atoms with Crippen LogP contribution in [0.1, 0.15) is 11.7 Å². The number of nitrogens with zero attached hydrogens (tertiary/aromatic N) is 3. The van der Waals surface area contributed by atoms with Gasteiger partial charge in [-0.2, -0.15) is 4.98 Å². The Balaban J connectivity index is 1.42. The van der Waals surface area contributed by atoms with Gasteiger partial charge in [0.2, 0.25) is 11.7 Å². The number of rotatable bonds is 7. The molecule has 3 rings (SSSR count). The molecule has 1 N–H and O–H groups in total. The maximum absolute atomic E-state index is 11.6. The minimum absolute atomic E-state index is 0.0570. The number of hydrogen-bond donors (Lipinski definition) is 1. The van der Waals surface area contributed by atoms with E-state index in [9.17, 15) is 4.79 Å². The highest BCUT2D eigenvalue weighted by atomic mass is 16.5. The molecule has 8 heteroatoms. The second kappa shape index (κ2) is 7.32. The molecule has 0 fully saturated rings. The lowest BCUT2D eigenvalue weighted by Gasteiger charge is -2.02. The predicted molar refractivity (Wildman–Crippen MR) is 77.7 cm³/mol. The lowest BCUT2D eigenvalue weighted by Crippen LogP contribution is -2.26. The van der Waals surface area contributed by atoms with Crippen LogP contribution in [-0.2, 0) is 22.7 Å². The highest BCUT2D eigenvalue weighted by molar-refractivity contribution is 5.77. The highest BCUT2D eigenvalue weighted by Crippen LogP contribution is 2.13. The van der Waals surface area contributed by atoms with Crippen LogP contribution in [0.2, 0.25) is 0 Å². The van der Waals surface area contributed by atoms with Gasteiger partial charge in [0.1, 0.15) is 19.0 Å². The summed E-state index contributed by atoms with van der Waals surface area (Å²) in [5, 5.41) is 6.51. The van der Waals surface area contributed by atoms with Crippen molar-refractivity contribution in [3.63, 3.8) is 0 Å². The molecule has 8 nitrogen and oxygen atoms in total. The van der Waals surface area contributed by atoms with Crippen LogP contribution in [0.4, 0.5) is 0 Å². The zero-order valence-corrected chi connectivity index (χ0v) is 12.1. The Bertz CT molecular complexity index is 740. The van der Waals surface area contributed by atoms with Gasteiger partial charge >= 0.3 is 0 Å². The van der Waals surface area contributed by atoms with E-state index in [1.165, 1.54) is 0 Å². The van der Waals surface area contributed by atoms with Crippen molar-refractivity contribution in [3.8, 4) is 11.4 Å². The largest absolute Gasteiger partial charge is 0.467 e. The molecule has 0 atom stereocenters. The first-order chi connectivity index (χ1) is 11.3. The minimum atomic E-state index is -0.256. The number of hydrogen-bond acceptors (Lipinski definition) is 7. The van der Waals surface area contributed by atoms with Crippen LogP contribution >= 0.6 is 0 Å². The third kappa shape index (κ3) is 4.24. The molecular formula is C15H14N4O4. The van der Waals surface area contributed by atoms with Gasteiger partial charge in [-0.05, 0) is 24.3 Å². The average Bonchev–Trinajstić information content (AvgIpc) is 3.26. The topological polar surface area (TPSA) is 103 Å². The molecule has 0 saturated carbocycles. The van der Waals surface area contributed by atoms with Crippen molar-refractivity contribution in [1.29, 1.82) is 0 Å². The lowest BCUT2D eigenvalue weighted by atomic mass is 10.3. The number of carbonyl (C=O) groups is 1. The van der Waals surface area contributed by atoms with Crippen LogP contribution in [-0.4, -0.2) is 27.6 Å². The molecule has 0 aliphatic rings. The van der Waals surface area contributed by atoms with Gasteiger partial charge in [0, 0.05) is 18.0 Å². The van der Waals surface area contributed by atoms with E-state index >= 15 is 0 Å². The van der Waals surface area contributed by atoms with Crippen molar-refractivity contribution in [2.45, 2.75) is 13.2 Å². The van der Waals surface area contributed by atoms with E-state index in [0.717, 1.165) is 5.56 Å². The smallest absolute Gasteiger partial charge is 0.252 e. The normalized spacial score (nSPS) is 10.6. The minimum Gasteiger partial charge on any atom is -0.467 e. The fourth-order valence-corrected chi connectivity index (χ4v) is 1.81. The molecule has 0 aliphatic carbocycles. The second-order valence-corrected chi connectivity index (χ2v) is 4.60. The fraction of sp³-hybridized carbons (Fsp3) is 0.200. The summed E-state index contributed by atoms with van der Waals surface area (Å²) in [6.07, 6.45) is 4.85. The number of nitrogens with one attached hydrogen (secondary N) is 1. The number of pyridine rings is 1. The average molecular weight is 314 g/mol. The Morgan fingerprint density at radius 3 is 3.04 bits per heavy atom. The first kappa shape index (κ1) is 14.9. The SMILES string of the molecule is O=C(COCc1nc(-c2cccnc2)no1)NCc1ccco1. The number of furan rings is 1. The Morgan fingerprint density at radius 1 is 1.30 bits per heavy atom. The molecule has 0 saturated heterocycles. The number of amides is 1. The van der Waals surface area contributed by atoms with E-state index in [-0.39, 0.29) is 19.1 Å². The van der Waals surface area contributed by atoms with Crippen molar-refractivity contribution in [1.82, 2.24) is 20.4 Å². The fourth-order valence-electron chi connectivity index (χ4n) is 1.81. The van der Waals surface area contributed by atoms with Crippen molar-refractivity contribution < 1.29 is 18.5 Å². The van der Waals surface area contributed by atoms with Gasteiger partial charge in [-0.3, -0.25) is 9.78 Å². The molecule has 0 bridgehead atoms. The van der Waals surface area contributed by atoms with Crippen LogP contribution in [0, 0.1) is 0 Å². The van der Waals surface area contributed by atoms with E-state index in [1.54, 1.807) is 36.9 Å². The molecule has 0 aliphatic heterocycles. The Labute approximate surface area is 131 Å². The van der Waals surface area contributed by atoms with E-state index in [0.29, 0.717) is 24.0 Å². The van der Waals surface area contributed by atoms with Crippen molar-refractivity contribution in [2.75, 3.05) is 6.61 Å². The predicted octanol–water partition coefficient (Wildman–Crippen LogP) is 1.56. The summed E-state index contributed by atoms with van der Waals surface area (Å²) in [5.74, 6) is 1.14. The van der Waals surface area contributed by atoms with Gasteiger partial charge in [0.25, 0.3) is 5.89 Å². The molecule has 1 amide bonds. The molecule has 3 aromatic heterocycles. The number of ether oxygens (including phenoxy) is 1. The molecular weight excluding hydrogens is 300 g/mol. The van der Waals surface area contributed by atoms with Gasteiger partial charge in [0.05, 0.1) is 12.8 Å². The zero-order valence-electron chi connectivity index (χ0n) is 12.1. The summed E-state index contributed by atoms with van der Waals surface area (Å²) >= 11 is 0. The third-order valence-electron chi connectivity index (χ3n) is 2.89. The number of carbonyl (C=O) groups excluding carboxylic acids is 1. The monoisotopic (exact) mass is 314 g/mol. The highest BCUT2D eigenvalue weighted by Gasteiger charge is 2.10. The standard InChI is InChI=1S/C15H14N4O4/c20-13(17-8-12-4-2-6-22-12)9-21-10-14-18-15(19-23-14)11-3-1-5-16-7-11/h1-7H,8-10H2,(H,17,20). The van der Waals surface area contributed by atoms with Gasteiger partial charge in [-0.25, -0.2) is 0 Å². The van der Waals surface area contributed by atoms with Crippen LogP contribution in [0.15, 0.2) is 51.9 Å². The first-order valence-corrected chi connectivity index (χ1v) is 6.91. The summed E-state index contributed by atoms with van der Waals surface area (Å²) in [6.45, 7) is 0.271. The summed E-state index contributed by atoms with van der Waals surface area (Å²) in [7, 11) is 0. The molecule has 118 valence electrons. The van der Waals surface area contributed by atoms with E-state index < -0.39 is 0 Å². The van der Waals surface area contributed by atoms with E-state index in [4.69, 9.17) is 13.7 Å². The first-order valence-electron chi connectivity index (χ1n) is 6.91. The van der Waals surface area contributed by atoms with Crippen LogP contribution in [0.5, 0.6) is 0 Å². The number of aromatic nitrogens is 3. The van der Waals surface area contributed by atoms with Crippen LogP contribution in [0.25, 0.3) is 11.4 Å². The van der Waals surface area contributed by atoms with E-state index in [1.807, 2.05) is 6.07 Å². The van der Waals surface area contributed by atoms with Crippen molar-refractivity contribution in [3.05, 3.63) is 54.6 Å². The maximum Gasteiger partial charge on any atom is 0.252 e. The molecule has 0 spiro atoms. The molecule has 0 unspecified atom stereocenters. The van der Waals surface area contributed by atoms with E-state index in [2.05, 4.69) is 20.4 Å². The van der Waals surface area contributed by atoms with Gasteiger partial charge in [-0.15, -0.1) is 0 Å². The summed E-state index contributed by atoms with van der Waals surface area (Å²) in [6, 6.07) is 7.14. The Hall–Kier alpha value is -3.00. The van der Waals surface area contributed by atoms with Crippen LogP contribution in [0.3, 0.4) is 0 Å². The summed E-state index contributed by atoms with van der Waals surface area (Å²) in [5.41, 5.74) is 0.749. The van der Waals surface area contributed by atoms with Crippen molar-refractivity contribution in [2.24, 2.45) is 0 Å². The second-order valence-electron chi connectivity index (χ2n) is 4.60. The van der Waals surface area contributed by atoms with Gasteiger partial charge < -0.3 is 19.0 Å². The Morgan fingerprint density at radius 2 is 2.26 bits per heavy atom. The molecule has 0 aromatic carbocycles. The Kier molecular flexibility index (Phi) is 4.75. The molecule has 0 radical (unpaired) electrons. The van der Waals surface area contributed by atoms with Gasteiger partial charge in [0.15, 0.2) is 0 Å². The summed E-state index contributed by atoms with van der Waals surface area (Å²) < 4.78 is 15.4. The maximum atomic E-state index is 11.6. The molecule has 3 aromatic rings. The summed E-state index contributed by atoms with van der Waals surface area (Å²) in [4.78, 5) is 19.8. The quantitative estimate of drug-likeness (QED) is 0.705. The molecule has 3 heterocycles. The third-order valence-corrected chi connectivity index (χ3v) is 2.89. The molecule has 23 heavy (non-hydrogen) atoms. The zero-order chi connectivity index (χ0) is 15.9. The lowest BCUT2D eigenvalue weighted by molar-refractivity contribution is -0.126. The van der Waals surface area contributed by atoms with Crippen molar-refractivity contribution >= 4 is 5.91 Å². The van der Waals surface area contributed by atoms with Gasteiger partial charge in [-0.1, -0.05) is 5.16 Å².